The van der Waals surface area contributed by atoms with Gasteiger partial charge in [0, 0.05) is 43.8 Å². The minimum atomic E-state index is 0.619. The lowest BCUT2D eigenvalue weighted by Gasteiger charge is -2.13. The summed E-state index contributed by atoms with van der Waals surface area (Å²) in [6, 6.07) is 59.1. The van der Waals surface area contributed by atoms with Crippen molar-refractivity contribution in [2.24, 2.45) is 0 Å². The minimum absolute atomic E-state index is 0.619. The monoisotopic (exact) mass is 664 g/mol. The predicted octanol–water partition coefficient (Wildman–Crippen LogP) is 11.1. The van der Waals surface area contributed by atoms with E-state index in [2.05, 4.69) is 118 Å². The third-order valence-corrected chi connectivity index (χ3v) is 10.1. The number of benzene rings is 7. The van der Waals surface area contributed by atoms with Crippen molar-refractivity contribution in [2.45, 2.75) is 0 Å². The Hall–Kier alpha value is -7.18. The fourth-order valence-electron chi connectivity index (χ4n) is 7.81. The molecular weight excluding hydrogens is 637 g/mol. The van der Waals surface area contributed by atoms with Crippen molar-refractivity contribution in [1.82, 2.24) is 28.7 Å². The summed E-state index contributed by atoms with van der Waals surface area (Å²) in [6.07, 6.45) is 0. The maximum absolute atomic E-state index is 5.29. The van der Waals surface area contributed by atoms with Crippen LogP contribution < -0.4 is 0 Å². The average molecular weight is 665 g/mol. The Morgan fingerprint density at radius 3 is 1.52 bits per heavy atom. The van der Waals surface area contributed by atoms with Crippen LogP contribution in [0, 0.1) is 0 Å². The summed E-state index contributed by atoms with van der Waals surface area (Å²) in [5.74, 6) is 2.81. The summed E-state index contributed by atoms with van der Waals surface area (Å²) in [4.78, 5) is 20.4. The molecule has 11 aromatic rings. The lowest BCUT2D eigenvalue weighted by molar-refractivity contribution is 1.07. The van der Waals surface area contributed by atoms with Gasteiger partial charge in [-0.15, -0.1) is 0 Å². The largest absolute Gasteiger partial charge is 0.307 e. The first-order valence-electron chi connectivity index (χ1n) is 17.4. The van der Waals surface area contributed by atoms with Crippen LogP contribution in [0.1, 0.15) is 0 Å². The predicted molar refractivity (Wildman–Crippen MR) is 211 cm³/mol. The quantitative estimate of drug-likeness (QED) is 0.188. The van der Waals surface area contributed by atoms with Crippen LogP contribution >= 0.6 is 0 Å². The molecule has 0 aliphatic rings. The van der Waals surface area contributed by atoms with E-state index in [-0.39, 0.29) is 0 Å². The van der Waals surface area contributed by atoms with Crippen molar-refractivity contribution in [3.05, 3.63) is 170 Å². The van der Waals surface area contributed by atoms with E-state index in [1.807, 2.05) is 60.7 Å². The number of hydrogen-bond acceptors (Lipinski definition) is 4. The molecule has 0 spiro atoms. The molecular formula is C46H28N6. The molecule has 0 saturated carbocycles. The second-order valence-electron chi connectivity index (χ2n) is 13.1. The first kappa shape index (κ1) is 28.6. The lowest BCUT2D eigenvalue weighted by Crippen LogP contribution is -2.00. The second kappa shape index (κ2) is 11.2. The molecule has 6 nitrogen and oxygen atoms in total. The molecule has 0 radical (unpaired) electrons. The highest BCUT2D eigenvalue weighted by Gasteiger charge is 2.21. The molecule has 0 bridgehead atoms. The topological polar surface area (TPSA) is 60.4 Å². The second-order valence-corrected chi connectivity index (χ2v) is 13.1. The van der Waals surface area contributed by atoms with E-state index in [0.29, 0.717) is 17.5 Å². The van der Waals surface area contributed by atoms with Gasteiger partial charge in [0.15, 0.2) is 17.5 Å². The van der Waals surface area contributed by atoms with Crippen molar-refractivity contribution >= 4 is 54.6 Å². The van der Waals surface area contributed by atoms with E-state index in [0.717, 1.165) is 72.0 Å². The number of aromatic nitrogens is 6. The van der Waals surface area contributed by atoms with Gasteiger partial charge < -0.3 is 4.40 Å². The molecule has 11 rings (SSSR count). The Bertz CT molecular complexity index is 3110. The van der Waals surface area contributed by atoms with E-state index < -0.39 is 0 Å². The molecule has 4 heterocycles. The van der Waals surface area contributed by atoms with Gasteiger partial charge in [0.2, 0.25) is 0 Å². The number of para-hydroxylation sites is 3. The van der Waals surface area contributed by atoms with Crippen molar-refractivity contribution in [3.8, 4) is 45.6 Å². The van der Waals surface area contributed by atoms with Crippen molar-refractivity contribution < 1.29 is 0 Å². The molecule has 7 aromatic carbocycles. The number of nitrogens with zero attached hydrogens (tertiary/aromatic N) is 6. The van der Waals surface area contributed by atoms with Crippen molar-refractivity contribution in [1.29, 1.82) is 0 Å². The summed E-state index contributed by atoms with van der Waals surface area (Å²) in [5, 5.41) is 4.59. The minimum Gasteiger partial charge on any atom is -0.307 e. The Morgan fingerprint density at radius 1 is 0.308 bits per heavy atom. The molecule has 0 aliphatic carbocycles. The van der Waals surface area contributed by atoms with Crippen LogP contribution in [0.5, 0.6) is 0 Å². The summed E-state index contributed by atoms with van der Waals surface area (Å²) < 4.78 is 4.78. The first-order valence-corrected chi connectivity index (χ1v) is 17.4. The maximum Gasteiger partial charge on any atom is 0.164 e. The number of imidazole rings is 1. The van der Waals surface area contributed by atoms with Crippen LogP contribution in [0.4, 0.5) is 0 Å². The van der Waals surface area contributed by atoms with Crippen molar-refractivity contribution in [3.63, 3.8) is 0 Å². The Balaban J connectivity index is 1.31. The van der Waals surface area contributed by atoms with Gasteiger partial charge in [-0.05, 0) is 24.3 Å². The van der Waals surface area contributed by atoms with Gasteiger partial charge in [0.05, 0.1) is 33.1 Å². The van der Waals surface area contributed by atoms with E-state index >= 15 is 0 Å². The summed E-state index contributed by atoms with van der Waals surface area (Å²) in [7, 11) is 0. The third kappa shape index (κ3) is 4.25. The van der Waals surface area contributed by atoms with Crippen LogP contribution in [0.15, 0.2) is 170 Å². The number of rotatable bonds is 4. The van der Waals surface area contributed by atoms with E-state index in [1.165, 1.54) is 10.8 Å². The number of hydrogen-bond donors (Lipinski definition) is 0. The van der Waals surface area contributed by atoms with Crippen LogP contribution in [0.3, 0.4) is 0 Å². The Morgan fingerprint density at radius 2 is 0.827 bits per heavy atom. The zero-order chi connectivity index (χ0) is 34.2. The Labute approximate surface area is 298 Å². The van der Waals surface area contributed by atoms with Gasteiger partial charge in [-0.3, -0.25) is 4.40 Å². The molecule has 0 aliphatic heterocycles. The zero-order valence-corrected chi connectivity index (χ0v) is 27.8. The van der Waals surface area contributed by atoms with E-state index in [1.54, 1.807) is 0 Å². The van der Waals surface area contributed by atoms with Gasteiger partial charge in [0.25, 0.3) is 0 Å². The summed E-state index contributed by atoms with van der Waals surface area (Å²) >= 11 is 0. The molecule has 0 N–H and O–H groups in total. The highest BCUT2D eigenvalue weighted by Crippen LogP contribution is 2.39. The highest BCUT2D eigenvalue weighted by atomic mass is 15.1. The molecule has 0 amide bonds. The first-order chi connectivity index (χ1) is 25.8. The average Bonchev–Trinajstić information content (AvgIpc) is 3.78. The van der Waals surface area contributed by atoms with Gasteiger partial charge in [-0.25, -0.2) is 19.9 Å². The van der Waals surface area contributed by atoms with Crippen LogP contribution in [-0.2, 0) is 0 Å². The molecule has 6 heteroatoms. The molecule has 242 valence electrons. The molecule has 0 unspecified atom stereocenters. The van der Waals surface area contributed by atoms with E-state index in [4.69, 9.17) is 19.9 Å². The smallest absolute Gasteiger partial charge is 0.164 e. The standard InChI is InChI=1S/C46H28N6/c1-4-14-29(15-5-1)43-48-44(30-16-6-2-7-17-30)50-45(49-43)32-26-27-34-35-21-12-23-37-41(35)52(46(47-37)31-18-8-3-9-19-31)39-25-13-22-36-33-20-10-11-24-38(33)51(42(36)39)40(34)28-32/h1-28H. The lowest BCUT2D eigenvalue weighted by atomic mass is 10.1. The van der Waals surface area contributed by atoms with Gasteiger partial charge in [0.1, 0.15) is 5.82 Å². The van der Waals surface area contributed by atoms with Gasteiger partial charge in [-0.1, -0.05) is 146 Å². The summed E-state index contributed by atoms with van der Waals surface area (Å²) in [5.41, 5.74) is 10.3. The van der Waals surface area contributed by atoms with Gasteiger partial charge >= 0.3 is 0 Å². The fraction of sp³-hybridized carbons (Fsp3) is 0. The van der Waals surface area contributed by atoms with Crippen LogP contribution in [0.25, 0.3) is 100 Å². The fourth-order valence-corrected chi connectivity index (χ4v) is 7.81. The third-order valence-electron chi connectivity index (χ3n) is 10.1. The zero-order valence-electron chi connectivity index (χ0n) is 27.8. The highest BCUT2D eigenvalue weighted by molar-refractivity contribution is 6.19. The normalized spacial score (nSPS) is 11.8. The molecule has 52 heavy (non-hydrogen) atoms. The van der Waals surface area contributed by atoms with Gasteiger partial charge in [-0.2, -0.15) is 0 Å². The Kier molecular flexibility index (Phi) is 6.15. The van der Waals surface area contributed by atoms with E-state index in [9.17, 15) is 0 Å². The molecule has 0 fully saturated rings. The maximum atomic E-state index is 5.29. The molecule has 4 aromatic heterocycles. The van der Waals surface area contributed by atoms with Crippen molar-refractivity contribution in [2.75, 3.05) is 0 Å². The molecule has 0 atom stereocenters. The SMILES string of the molecule is c1ccc(-c2nc(-c3ccccc3)nc(-c3ccc4c5cccc6nc(-c7ccccc7)n(c7cccc8c9ccccc9n(c4c3)c87)c65)n2)cc1. The molecule has 0 saturated heterocycles. The van der Waals surface area contributed by atoms with Crippen LogP contribution in [-0.4, -0.2) is 28.7 Å². The number of fused-ring (bicyclic) bond motifs is 7. The summed E-state index contributed by atoms with van der Waals surface area (Å²) in [6.45, 7) is 0. The van der Waals surface area contributed by atoms with Crippen LogP contribution in [0.2, 0.25) is 0 Å².